The SMILES string of the molecule is NS(=O)(=O)O.Nc1ccccc1O.O=S(=O)(O)O. The van der Waals surface area contributed by atoms with E-state index in [0.717, 1.165) is 0 Å². The molecule has 0 fully saturated rings. The second kappa shape index (κ2) is 7.80. The topological polar surface area (TPSA) is 201 Å². The summed E-state index contributed by atoms with van der Waals surface area (Å²) in [4.78, 5) is 0. The Morgan fingerprint density at radius 2 is 1.22 bits per heavy atom. The van der Waals surface area contributed by atoms with Crippen molar-refractivity contribution in [1.29, 1.82) is 0 Å². The molecule has 106 valence electrons. The molecule has 0 amide bonds. The van der Waals surface area contributed by atoms with Crippen LogP contribution in [0, 0.1) is 0 Å². The van der Waals surface area contributed by atoms with Gasteiger partial charge in [0.05, 0.1) is 5.69 Å². The summed E-state index contributed by atoms with van der Waals surface area (Å²) in [5.74, 6) is 0.146. The highest BCUT2D eigenvalue weighted by molar-refractivity contribution is 7.83. The minimum absolute atomic E-state index is 0.146. The molecule has 1 aromatic rings. The van der Waals surface area contributed by atoms with Crippen LogP contribution in [-0.4, -0.2) is 35.6 Å². The summed E-state index contributed by atoms with van der Waals surface area (Å²) in [5.41, 5.74) is 5.69. The Hall–Kier alpha value is -1.44. The summed E-state index contributed by atoms with van der Waals surface area (Å²) in [6.07, 6.45) is 0. The lowest BCUT2D eigenvalue weighted by Gasteiger charge is -1.92. The zero-order valence-electron chi connectivity index (χ0n) is 8.70. The molecule has 0 saturated carbocycles. The average Bonchev–Trinajstić information content (AvgIpc) is 2.04. The smallest absolute Gasteiger partial charge is 0.394 e. The van der Waals surface area contributed by atoms with E-state index in [1.54, 1.807) is 24.3 Å². The van der Waals surface area contributed by atoms with Crippen LogP contribution in [-0.2, 0) is 20.7 Å². The van der Waals surface area contributed by atoms with E-state index in [1.165, 1.54) is 0 Å². The first-order valence-corrected chi connectivity index (χ1v) is 6.69. The number of rotatable bonds is 0. The molecule has 0 saturated heterocycles. The Kier molecular flexibility index (Phi) is 8.20. The molecule has 0 radical (unpaired) electrons. The number of nitrogens with two attached hydrogens (primary N) is 2. The molecule has 0 heterocycles. The lowest BCUT2D eigenvalue weighted by Crippen LogP contribution is -2.08. The fourth-order valence-electron chi connectivity index (χ4n) is 0.488. The summed E-state index contributed by atoms with van der Waals surface area (Å²) in [6, 6.07) is 6.70. The minimum atomic E-state index is -4.67. The molecular formula is C6H12N2O8S2. The van der Waals surface area contributed by atoms with Crippen molar-refractivity contribution in [2.24, 2.45) is 5.14 Å². The summed E-state index contributed by atoms with van der Waals surface area (Å²) in [6.45, 7) is 0. The zero-order valence-corrected chi connectivity index (χ0v) is 10.3. The van der Waals surface area contributed by atoms with E-state index >= 15 is 0 Å². The van der Waals surface area contributed by atoms with Gasteiger partial charge in [-0.3, -0.25) is 13.7 Å². The molecule has 1 aromatic carbocycles. The summed E-state index contributed by atoms with van der Waals surface area (Å²) in [5, 5.41) is 12.7. The number of phenolic OH excluding ortho intramolecular Hbond substituents is 1. The van der Waals surface area contributed by atoms with Gasteiger partial charge in [0.1, 0.15) is 5.75 Å². The molecule has 12 heteroatoms. The van der Waals surface area contributed by atoms with Crippen LogP contribution >= 0.6 is 0 Å². The van der Waals surface area contributed by atoms with Crippen LogP contribution in [0.25, 0.3) is 0 Å². The van der Waals surface area contributed by atoms with Gasteiger partial charge in [0.25, 0.3) is 0 Å². The highest BCUT2D eigenvalue weighted by Crippen LogP contribution is 2.16. The van der Waals surface area contributed by atoms with Crippen molar-refractivity contribution in [3.05, 3.63) is 24.3 Å². The first-order valence-electron chi connectivity index (χ1n) is 3.79. The molecule has 0 aliphatic heterocycles. The van der Waals surface area contributed by atoms with Gasteiger partial charge in [-0.1, -0.05) is 12.1 Å². The molecular weight excluding hydrogens is 292 g/mol. The fraction of sp³-hybridized carbons (Fsp3) is 0. The third kappa shape index (κ3) is 29.3. The first-order chi connectivity index (χ1) is 7.80. The molecule has 0 aliphatic carbocycles. The Labute approximate surface area is 103 Å². The van der Waals surface area contributed by atoms with Crippen LogP contribution in [0.3, 0.4) is 0 Å². The molecule has 1 rings (SSSR count). The molecule has 8 N–H and O–H groups in total. The Morgan fingerprint density at radius 3 is 1.39 bits per heavy atom. The number of phenols is 1. The van der Waals surface area contributed by atoms with Gasteiger partial charge in [0.2, 0.25) is 0 Å². The number of hydrogen-bond acceptors (Lipinski definition) is 6. The van der Waals surface area contributed by atoms with Crippen molar-refractivity contribution in [1.82, 2.24) is 0 Å². The third-order valence-electron chi connectivity index (χ3n) is 0.937. The van der Waals surface area contributed by atoms with Crippen LogP contribution in [0.1, 0.15) is 0 Å². The maximum Gasteiger partial charge on any atom is 0.394 e. The second-order valence-electron chi connectivity index (χ2n) is 2.52. The van der Waals surface area contributed by atoms with E-state index in [-0.39, 0.29) is 5.75 Å². The predicted molar refractivity (Wildman–Crippen MR) is 62.4 cm³/mol. The number of hydrogen-bond donors (Lipinski definition) is 6. The molecule has 0 atom stereocenters. The number of para-hydroxylation sites is 2. The Bertz CT molecular complexity index is 486. The highest BCUT2D eigenvalue weighted by Gasteiger charge is 1.87. The molecule has 0 unspecified atom stereocenters. The van der Waals surface area contributed by atoms with Gasteiger partial charge in [-0.15, -0.1) is 0 Å². The molecule has 18 heavy (non-hydrogen) atoms. The summed E-state index contributed by atoms with van der Waals surface area (Å²) in [7, 11) is -8.83. The molecule has 0 spiro atoms. The van der Waals surface area contributed by atoms with Crippen molar-refractivity contribution >= 4 is 26.4 Å². The Morgan fingerprint density at radius 1 is 0.944 bits per heavy atom. The van der Waals surface area contributed by atoms with Gasteiger partial charge in [-0.2, -0.15) is 16.8 Å². The van der Waals surface area contributed by atoms with Crippen LogP contribution in [0.2, 0.25) is 0 Å². The Balaban J connectivity index is 0. The van der Waals surface area contributed by atoms with Crippen molar-refractivity contribution < 1.29 is 35.6 Å². The molecule has 10 nitrogen and oxygen atoms in total. The van der Waals surface area contributed by atoms with Gasteiger partial charge < -0.3 is 10.8 Å². The maximum absolute atomic E-state index is 8.97. The number of aromatic hydroxyl groups is 1. The largest absolute Gasteiger partial charge is 0.506 e. The number of benzene rings is 1. The lowest BCUT2D eigenvalue weighted by molar-refractivity contribution is 0.381. The van der Waals surface area contributed by atoms with Gasteiger partial charge >= 0.3 is 20.7 Å². The normalized spacial score (nSPS) is 10.4. The third-order valence-corrected chi connectivity index (χ3v) is 0.937. The number of anilines is 1. The van der Waals surface area contributed by atoms with Crippen molar-refractivity contribution in [2.45, 2.75) is 0 Å². The van der Waals surface area contributed by atoms with E-state index in [0.29, 0.717) is 5.69 Å². The second-order valence-corrected chi connectivity index (χ2v) is 4.45. The minimum Gasteiger partial charge on any atom is -0.506 e. The van der Waals surface area contributed by atoms with E-state index in [1.807, 2.05) is 0 Å². The number of nitrogen functional groups attached to an aromatic ring is 1. The van der Waals surface area contributed by atoms with Crippen molar-refractivity contribution in [3.63, 3.8) is 0 Å². The van der Waals surface area contributed by atoms with E-state index < -0.39 is 20.7 Å². The van der Waals surface area contributed by atoms with E-state index in [4.69, 9.17) is 41.3 Å². The van der Waals surface area contributed by atoms with Gasteiger partial charge in [0.15, 0.2) is 0 Å². The molecule has 0 aliphatic rings. The van der Waals surface area contributed by atoms with Crippen LogP contribution in [0.15, 0.2) is 24.3 Å². The highest BCUT2D eigenvalue weighted by atomic mass is 32.3. The van der Waals surface area contributed by atoms with Crippen molar-refractivity contribution in [3.8, 4) is 5.75 Å². The zero-order chi connectivity index (χ0) is 15.0. The first kappa shape index (κ1) is 18.9. The quantitative estimate of drug-likeness (QED) is 0.199. The molecule has 0 bridgehead atoms. The summed E-state index contributed by atoms with van der Waals surface area (Å²) >= 11 is 0. The van der Waals surface area contributed by atoms with Crippen LogP contribution in [0.4, 0.5) is 5.69 Å². The summed E-state index contributed by atoms with van der Waals surface area (Å²) < 4.78 is 56.8. The predicted octanol–water partition coefficient (Wildman–Crippen LogP) is -0.930. The van der Waals surface area contributed by atoms with Gasteiger partial charge in [-0.25, -0.2) is 5.14 Å². The van der Waals surface area contributed by atoms with E-state index in [2.05, 4.69) is 5.14 Å². The van der Waals surface area contributed by atoms with Gasteiger partial charge in [-0.05, 0) is 12.1 Å². The average molecular weight is 304 g/mol. The monoisotopic (exact) mass is 304 g/mol. The molecule has 0 aromatic heterocycles. The van der Waals surface area contributed by atoms with Crippen LogP contribution < -0.4 is 10.9 Å². The van der Waals surface area contributed by atoms with Crippen molar-refractivity contribution in [2.75, 3.05) is 5.73 Å². The fourth-order valence-corrected chi connectivity index (χ4v) is 0.488. The maximum atomic E-state index is 8.97. The standard InChI is InChI=1S/C6H7NO.H3NO3S.H2O4S/c7-5-3-1-2-4-6(5)8;2*1-5(2,3)4/h1-4,8H,7H2;(H3,1,2,3,4);(H2,1,2,3,4). The van der Waals surface area contributed by atoms with Crippen LogP contribution in [0.5, 0.6) is 5.75 Å². The van der Waals surface area contributed by atoms with Gasteiger partial charge in [0, 0.05) is 0 Å². The lowest BCUT2D eigenvalue weighted by atomic mass is 10.3. The van der Waals surface area contributed by atoms with E-state index in [9.17, 15) is 0 Å².